The molecule has 0 saturated carbocycles. The van der Waals surface area contributed by atoms with Crippen LogP contribution in [-0.4, -0.2) is 6.61 Å². The van der Waals surface area contributed by atoms with Crippen molar-refractivity contribution in [2.45, 2.75) is 26.3 Å². The second kappa shape index (κ2) is 6.93. The minimum atomic E-state index is -0.465. The number of hydrogen-bond donors (Lipinski definition) is 1. The second-order valence-corrected chi connectivity index (χ2v) is 9.31. The summed E-state index contributed by atoms with van der Waals surface area (Å²) >= 11 is 5.80. The average molecular weight is 421 g/mol. The van der Waals surface area contributed by atoms with E-state index in [1.165, 1.54) is 17.0 Å². The standard InChI is InChI=1S/C20H18ClFN2OS2/c1-4-25-12-6-8-16-13(10-12)17-18(20(2,3)24-16)26-27-19(17)23-11-5-7-14(21)15(22)9-11/h5-10,24H,4H2,1-3H3. The van der Waals surface area contributed by atoms with Gasteiger partial charge in [-0.2, -0.15) is 0 Å². The van der Waals surface area contributed by atoms with Crippen molar-refractivity contribution in [1.29, 1.82) is 0 Å². The maximum absolute atomic E-state index is 13.8. The van der Waals surface area contributed by atoms with Gasteiger partial charge < -0.3 is 10.1 Å². The van der Waals surface area contributed by atoms with Gasteiger partial charge in [-0.25, -0.2) is 9.38 Å². The van der Waals surface area contributed by atoms with Crippen LogP contribution in [0.25, 0.3) is 11.1 Å². The number of fused-ring (bicyclic) bond motifs is 3. The quantitative estimate of drug-likeness (QED) is 0.486. The van der Waals surface area contributed by atoms with E-state index in [1.54, 1.807) is 26.7 Å². The molecule has 7 heteroatoms. The lowest BCUT2D eigenvalue weighted by Gasteiger charge is -2.33. The molecular weight excluding hydrogens is 403 g/mol. The van der Waals surface area contributed by atoms with Gasteiger partial charge in [0.1, 0.15) is 16.2 Å². The third-order valence-corrected chi connectivity index (χ3v) is 7.31. The smallest absolute Gasteiger partial charge is 0.143 e. The molecule has 2 aromatic carbocycles. The van der Waals surface area contributed by atoms with Crippen LogP contribution in [0, 0.1) is 5.82 Å². The van der Waals surface area contributed by atoms with Crippen molar-refractivity contribution >= 4 is 43.7 Å². The maximum Gasteiger partial charge on any atom is 0.143 e. The van der Waals surface area contributed by atoms with Crippen LogP contribution in [0.15, 0.2) is 41.4 Å². The zero-order chi connectivity index (χ0) is 19.2. The molecule has 0 fully saturated rings. The highest BCUT2D eigenvalue weighted by atomic mass is 35.5. The summed E-state index contributed by atoms with van der Waals surface area (Å²) in [7, 11) is 3.29. The number of anilines is 1. The highest BCUT2D eigenvalue weighted by Gasteiger charge is 2.33. The first-order valence-corrected chi connectivity index (χ1v) is 11.1. The lowest BCUT2D eigenvalue weighted by molar-refractivity contribution is 0.340. The molecule has 2 heterocycles. The van der Waals surface area contributed by atoms with Gasteiger partial charge in [-0.1, -0.05) is 32.3 Å². The predicted octanol–water partition coefficient (Wildman–Crippen LogP) is 6.56. The van der Waals surface area contributed by atoms with E-state index < -0.39 is 5.82 Å². The highest BCUT2D eigenvalue weighted by Crippen LogP contribution is 2.46. The van der Waals surface area contributed by atoms with Crippen molar-refractivity contribution in [2.75, 3.05) is 11.9 Å². The van der Waals surface area contributed by atoms with Crippen LogP contribution in [-0.2, 0) is 5.54 Å². The molecule has 4 rings (SSSR count). The third kappa shape index (κ3) is 3.37. The first kappa shape index (κ1) is 18.5. The van der Waals surface area contributed by atoms with E-state index in [2.05, 4.69) is 19.2 Å². The minimum Gasteiger partial charge on any atom is -0.494 e. The molecule has 0 atom stereocenters. The van der Waals surface area contributed by atoms with Gasteiger partial charge in [-0.15, -0.1) is 0 Å². The molecule has 0 bridgehead atoms. The Balaban J connectivity index is 1.93. The zero-order valence-electron chi connectivity index (χ0n) is 15.1. The Hall–Kier alpha value is -1.89. The van der Waals surface area contributed by atoms with Gasteiger partial charge in [0.25, 0.3) is 0 Å². The van der Waals surface area contributed by atoms with Gasteiger partial charge in [0.2, 0.25) is 0 Å². The summed E-state index contributed by atoms with van der Waals surface area (Å²) in [5, 5.41) is 3.70. The summed E-state index contributed by atoms with van der Waals surface area (Å²) in [5.74, 6) is 0.358. The molecule has 1 aliphatic rings. The van der Waals surface area contributed by atoms with Gasteiger partial charge in [0.15, 0.2) is 0 Å². The summed E-state index contributed by atoms with van der Waals surface area (Å²) < 4.78 is 20.4. The monoisotopic (exact) mass is 420 g/mol. The average Bonchev–Trinajstić information content (AvgIpc) is 3.04. The van der Waals surface area contributed by atoms with Crippen LogP contribution in [0.5, 0.6) is 5.75 Å². The third-order valence-electron chi connectivity index (χ3n) is 4.36. The summed E-state index contributed by atoms with van der Waals surface area (Å²) in [6, 6.07) is 10.7. The summed E-state index contributed by atoms with van der Waals surface area (Å²) in [5.41, 5.74) is 3.52. The SMILES string of the molecule is CCOc1ccc2c(c1)-c1c(ssc1=Nc1ccc(Cl)c(F)c1)C(C)(C)N2. The summed E-state index contributed by atoms with van der Waals surface area (Å²) in [6.07, 6.45) is 0. The molecule has 0 amide bonds. The summed E-state index contributed by atoms with van der Waals surface area (Å²) in [6.45, 7) is 6.88. The Morgan fingerprint density at radius 3 is 2.74 bits per heavy atom. The molecular formula is C20H18ClFN2OS2. The first-order chi connectivity index (χ1) is 12.9. The molecule has 1 aromatic heterocycles. The van der Waals surface area contributed by atoms with Crippen molar-refractivity contribution < 1.29 is 9.13 Å². The lowest BCUT2D eigenvalue weighted by atomic mass is 9.90. The summed E-state index contributed by atoms with van der Waals surface area (Å²) in [4.78, 5) is 5.93. The Labute approximate surface area is 169 Å². The second-order valence-electron chi connectivity index (χ2n) is 6.78. The van der Waals surface area contributed by atoms with Crippen LogP contribution < -0.4 is 14.7 Å². The van der Waals surface area contributed by atoms with E-state index >= 15 is 0 Å². The van der Waals surface area contributed by atoms with Crippen molar-refractivity contribution in [3.05, 3.63) is 56.8 Å². The molecule has 0 aliphatic carbocycles. The molecule has 0 unspecified atom stereocenters. The van der Waals surface area contributed by atoms with Gasteiger partial charge in [0.05, 0.1) is 27.7 Å². The Morgan fingerprint density at radius 2 is 2.00 bits per heavy atom. The fourth-order valence-electron chi connectivity index (χ4n) is 3.15. The number of ether oxygens (including phenoxy) is 1. The van der Waals surface area contributed by atoms with Crippen LogP contribution in [0.1, 0.15) is 25.6 Å². The molecule has 1 aliphatic heterocycles. The minimum absolute atomic E-state index is 0.0991. The fraction of sp³-hybridized carbons (Fsp3) is 0.250. The largest absolute Gasteiger partial charge is 0.494 e. The number of nitrogens with one attached hydrogen (secondary N) is 1. The molecule has 0 spiro atoms. The Bertz CT molecular complexity index is 1090. The molecule has 140 valence electrons. The van der Waals surface area contributed by atoms with Crippen molar-refractivity contribution in [1.82, 2.24) is 0 Å². The maximum atomic E-state index is 13.8. The number of halogens is 2. The van der Waals surface area contributed by atoms with E-state index in [1.807, 2.05) is 25.1 Å². The van der Waals surface area contributed by atoms with E-state index in [-0.39, 0.29) is 10.6 Å². The van der Waals surface area contributed by atoms with Gasteiger partial charge in [0, 0.05) is 22.9 Å². The Kier molecular flexibility index (Phi) is 4.74. The first-order valence-electron chi connectivity index (χ1n) is 8.58. The molecule has 3 aromatic rings. The lowest BCUT2D eigenvalue weighted by Crippen LogP contribution is -2.31. The van der Waals surface area contributed by atoms with Crippen LogP contribution in [0.3, 0.4) is 0 Å². The molecule has 0 radical (unpaired) electrons. The molecule has 27 heavy (non-hydrogen) atoms. The number of hydrogen-bond acceptors (Lipinski definition) is 5. The van der Waals surface area contributed by atoms with E-state index in [0.29, 0.717) is 12.3 Å². The predicted molar refractivity (Wildman–Crippen MR) is 112 cm³/mol. The van der Waals surface area contributed by atoms with E-state index in [4.69, 9.17) is 21.3 Å². The van der Waals surface area contributed by atoms with Crippen LogP contribution in [0.4, 0.5) is 15.8 Å². The van der Waals surface area contributed by atoms with Gasteiger partial charge in [-0.3, -0.25) is 0 Å². The van der Waals surface area contributed by atoms with Crippen molar-refractivity contribution in [2.24, 2.45) is 4.99 Å². The zero-order valence-corrected chi connectivity index (χ0v) is 17.5. The fourth-order valence-corrected chi connectivity index (χ4v) is 6.21. The number of rotatable bonds is 3. The molecule has 0 saturated heterocycles. The van der Waals surface area contributed by atoms with E-state index in [0.717, 1.165) is 27.2 Å². The Morgan fingerprint density at radius 1 is 1.19 bits per heavy atom. The van der Waals surface area contributed by atoms with Gasteiger partial charge in [-0.05, 0) is 51.1 Å². The van der Waals surface area contributed by atoms with Gasteiger partial charge >= 0.3 is 0 Å². The molecule has 3 nitrogen and oxygen atoms in total. The normalized spacial score (nSPS) is 15.1. The number of nitrogens with zero attached hydrogens (tertiary/aromatic N) is 1. The molecule has 1 N–H and O–H groups in total. The van der Waals surface area contributed by atoms with Crippen LogP contribution >= 0.6 is 32.3 Å². The number of benzene rings is 2. The highest BCUT2D eigenvalue weighted by molar-refractivity contribution is 7.68. The van der Waals surface area contributed by atoms with E-state index in [9.17, 15) is 4.39 Å². The topological polar surface area (TPSA) is 33.6 Å². The van der Waals surface area contributed by atoms with Crippen molar-refractivity contribution in [3.63, 3.8) is 0 Å². The van der Waals surface area contributed by atoms with Crippen LogP contribution in [0.2, 0.25) is 5.02 Å². The van der Waals surface area contributed by atoms with Crippen molar-refractivity contribution in [3.8, 4) is 16.9 Å².